The minimum atomic E-state index is 0.591. The van der Waals surface area contributed by atoms with Crippen molar-refractivity contribution in [3.8, 4) is 0 Å². The fourth-order valence-corrected chi connectivity index (χ4v) is 2.64. The zero-order valence-corrected chi connectivity index (χ0v) is 16.6. The topological polar surface area (TPSA) is 50.1 Å². The highest BCUT2D eigenvalue weighted by atomic mass is 14.9. The van der Waals surface area contributed by atoms with E-state index in [1.165, 1.54) is 36.8 Å². The Kier molecular flexibility index (Phi) is 15.0. The first-order valence-electron chi connectivity index (χ1n) is 9.78. The fourth-order valence-electron chi connectivity index (χ4n) is 2.64. The van der Waals surface area contributed by atoms with Crippen LogP contribution < -0.4 is 16.4 Å². The van der Waals surface area contributed by atoms with Crippen molar-refractivity contribution in [3.05, 3.63) is 35.5 Å². The van der Waals surface area contributed by atoms with Gasteiger partial charge in [-0.15, -0.1) is 0 Å². The first-order chi connectivity index (χ1) is 11.6. The minimum absolute atomic E-state index is 0.591. The van der Waals surface area contributed by atoms with Crippen LogP contribution in [0.25, 0.3) is 0 Å². The Morgan fingerprint density at radius 1 is 1.17 bits per heavy atom. The van der Waals surface area contributed by atoms with E-state index in [-0.39, 0.29) is 0 Å². The molecule has 0 bridgehead atoms. The zero-order valence-electron chi connectivity index (χ0n) is 16.6. The third kappa shape index (κ3) is 11.6. The quantitative estimate of drug-likeness (QED) is 0.308. The number of allylic oxidation sites excluding steroid dienone is 1. The molecule has 0 aromatic heterocycles. The van der Waals surface area contributed by atoms with Crippen LogP contribution in [-0.4, -0.2) is 32.2 Å². The van der Waals surface area contributed by atoms with Crippen LogP contribution in [-0.2, 0) is 0 Å². The average Bonchev–Trinajstić information content (AvgIpc) is 2.59. The molecule has 1 unspecified atom stereocenters. The minimum Gasteiger partial charge on any atom is -0.327 e. The Morgan fingerprint density at radius 2 is 1.92 bits per heavy atom. The molecule has 1 atom stereocenters. The summed E-state index contributed by atoms with van der Waals surface area (Å²) in [6.07, 6.45) is 11.7. The molecule has 0 fully saturated rings. The van der Waals surface area contributed by atoms with Gasteiger partial charge in [-0.3, -0.25) is 0 Å². The average molecular weight is 336 g/mol. The van der Waals surface area contributed by atoms with E-state index in [9.17, 15) is 0 Å². The van der Waals surface area contributed by atoms with Gasteiger partial charge >= 0.3 is 0 Å². The summed E-state index contributed by atoms with van der Waals surface area (Å²) in [7, 11) is 0. The Balaban J connectivity index is 3.93. The number of hydrogen-bond donors (Lipinski definition) is 3. The second-order valence-corrected chi connectivity index (χ2v) is 6.55. The van der Waals surface area contributed by atoms with Crippen LogP contribution in [0.5, 0.6) is 0 Å². The highest BCUT2D eigenvalue weighted by Crippen LogP contribution is 2.10. The Bertz CT molecular complexity index is 383. The number of nitrogens with one attached hydrogen (secondary N) is 2. The van der Waals surface area contributed by atoms with Crippen molar-refractivity contribution in [1.29, 1.82) is 0 Å². The lowest BCUT2D eigenvalue weighted by Gasteiger charge is -2.16. The van der Waals surface area contributed by atoms with Crippen molar-refractivity contribution in [2.24, 2.45) is 5.73 Å². The van der Waals surface area contributed by atoms with Gasteiger partial charge in [0, 0.05) is 19.1 Å². The lowest BCUT2D eigenvalue weighted by atomic mass is 10.1. The number of hydrogen-bond acceptors (Lipinski definition) is 3. The monoisotopic (exact) mass is 335 g/mol. The molecule has 0 aliphatic heterocycles. The molecule has 24 heavy (non-hydrogen) atoms. The van der Waals surface area contributed by atoms with Crippen LogP contribution in [0.4, 0.5) is 0 Å². The van der Waals surface area contributed by atoms with Gasteiger partial charge in [0.25, 0.3) is 0 Å². The maximum Gasteiger partial charge on any atom is 0.0202 e. The van der Waals surface area contributed by atoms with E-state index in [2.05, 4.69) is 57.1 Å². The molecule has 0 radical (unpaired) electrons. The number of rotatable bonds is 15. The second kappa shape index (κ2) is 15.6. The SMILES string of the molecule is C=C(CNCCCNC(CC)CCCC)/C(C)=C\C(=C/CC)CN. The van der Waals surface area contributed by atoms with Crippen molar-refractivity contribution < 1.29 is 0 Å². The summed E-state index contributed by atoms with van der Waals surface area (Å²) in [6, 6.07) is 0.685. The molecule has 0 saturated heterocycles. The summed E-state index contributed by atoms with van der Waals surface area (Å²) in [4.78, 5) is 0. The molecule has 0 amide bonds. The van der Waals surface area contributed by atoms with E-state index in [1.807, 2.05) is 0 Å². The molecule has 0 aliphatic rings. The van der Waals surface area contributed by atoms with Crippen LogP contribution in [0, 0.1) is 0 Å². The summed E-state index contributed by atoms with van der Waals surface area (Å²) in [5, 5.41) is 7.16. The molecule has 0 heterocycles. The number of unbranched alkanes of at least 4 members (excludes halogenated alkanes) is 1. The van der Waals surface area contributed by atoms with Crippen LogP contribution in [0.15, 0.2) is 35.5 Å². The maximum absolute atomic E-state index is 5.76. The van der Waals surface area contributed by atoms with Gasteiger partial charge in [0.1, 0.15) is 0 Å². The van der Waals surface area contributed by atoms with E-state index in [1.54, 1.807) is 0 Å². The maximum atomic E-state index is 5.76. The molecule has 0 aromatic carbocycles. The lowest BCUT2D eigenvalue weighted by Crippen LogP contribution is -2.31. The van der Waals surface area contributed by atoms with Gasteiger partial charge in [0.2, 0.25) is 0 Å². The predicted molar refractivity (Wildman–Crippen MR) is 109 cm³/mol. The van der Waals surface area contributed by atoms with Gasteiger partial charge < -0.3 is 16.4 Å². The molecule has 0 rings (SSSR count). The lowest BCUT2D eigenvalue weighted by molar-refractivity contribution is 0.446. The highest BCUT2D eigenvalue weighted by Gasteiger charge is 2.04. The molecule has 140 valence electrons. The highest BCUT2D eigenvalue weighted by molar-refractivity contribution is 5.35. The zero-order chi connectivity index (χ0) is 18.2. The molecule has 0 aromatic rings. The molecule has 0 aliphatic carbocycles. The molecule has 0 saturated carbocycles. The van der Waals surface area contributed by atoms with Crippen molar-refractivity contribution in [2.45, 2.75) is 72.3 Å². The third-order valence-electron chi connectivity index (χ3n) is 4.36. The van der Waals surface area contributed by atoms with Gasteiger partial charge in [0.05, 0.1) is 0 Å². The van der Waals surface area contributed by atoms with Crippen LogP contribution in [0.3, 0.4) is 0 Å². The number of nitrogens with two attached hydrogens (primary N) is 1. The standard InChI is InChI=1S/C21H41N3/c1-6-9-12-21(8-3)24-14-10-13-23-17-19(5)18(4)15-20(16-22)11-7-2/h11,15,21,23-24H,5-10,12-14,16-17,22H2,1-4H3/b18-15-,20-11+. The molecule has 3 nitrogen and oxygen atoms in total. The Hall–Kier alpha value is -0.900. The van der Waals surface area contributed by atoms with Gasteiger partial charge in [-0.25, -0.2) is 0 Å². The van der Waals surface area contributed by atoms with Gasteiger partial charge in [-0.05, 0) is 62.4 Å². The van der Waals surface area contributed by atoms with E-state index in [0.717, 1.165) is 38.0 Å². The summed E-state index contributed by atoms with van der Waals surface area (Å²) in [6.45, 7) is 16.5. The Morgan fingerprint density at radius 3 is 2.50 bits per heavy atom. The van der Waals surface area contributed by atoms with Crippen LogP contribution in [0.2, 0.25) is 0 Å². The van der Waals surface area contributed by atoms with E-state index < -0.39 is 0 Å². The van der Waals surface area contributed by atoms with E-state index in [0.29, 0.717) is 12.6 Å². The normalized spacial score (nSPS) is 14.0. The first-order valence-corrected chi connectivity index (χ1v) is 9.78. The molecule has 4 N–H and O–H groups in total. The fraction of sp³-hybridized carbons (Fsp3) is 0.714. The van der Waals surface area contributed by atoms with Crippen molar-refractivity contribution in [3.63, 3.8) is 0 Å². The molecule has 0 spiro atoms. The van der Waals surface area contributed by atoms with Crippen molar-refractivity contribution >= 4 is 0 Å². The van der Waals surface area contributed by atoms with E-state index in [4.69, 9.17) is 5.73 Å². The van der Waals surface area contributed by atoms with Gasteiger partial charge in [-0.1, -0.05) is 52.3 Å². The summed E-state index contributed by atoms with van der Waals surface area (Å²) in [5.74, 6) is 0. The van der Waals surface area contributed by atoms with Crippen LogP contribution in [0.1, 0.15) is 66.2 Å². The smallest absolute Gasteiger partial charge is 0.0202 e. The van der Waals surface area contributed by atoms with Gasteiger partial charge in [-0.2, -0.15) is 0 Å². The largest absolute Gasteiger partial charge is 0.327 e. The summed E-state index contributed by atoms with van der Waals surface area (Å²) < 4.78 is 0. The van der Waals surface area contributed by atoms with Gasteiger partial charge in [0.15, 0.2) is 0 Å². The summed E-state index contributed by atoms with van der Waals surface area (Å²) in [5.41, 5.74) is 9.32. The Labute approximate surface area is 150 Å². The van der Waals surface area contributed by atoms with Crippen molar-refractivity contribution in [2.75, 3.05) is 26.2 Å². The molecular weight excluding hydrogens is 294 g/mol. The first kappa shape index (κ1) is 23.1. The summed E-state index contributed by atoms with van der Waals surface area (Å²) >= 11 is 0. The van der Waals surface area contributed by atoms with Crippen molar-refractivity contribution in [1.82, 2.24) is 10.6 Å². The predicted octanol–water partition coefficient (Wildman–Crippen LogP) is 4.32. The molecule has 3 heteroatoms. The van der Waals surface area contributed by atoms with E-state index >= 15 is 0 Å². The second-order valence-electron chi connectivity index (χ2n) is 6.55. The third-order valence-corrected chi connectivity index (χ3v) is 4.36. The van der Waals surface area contributed by atoms with Crippen LogP contribution >= 0.6 is 0 Å². The molecular formula is C21H41N3.